The van der Waals surface area contributed by atoms with Gasteiger partial charge in [0.1, 0.15) is 5.75 Å². The summed E-state index contributed by atoms with van der Waals surface area (Å²) in [5, 5.41) is 18.9. The van der Waals surface area contributed by atoms with E-state index in [4.69, 9.17) is 9.84 Å². The number of carbonyl (C=O) groups is 3. The minimum Gasteiger partial charge on any atom is -0.507 e. The second-order valence-electron chi connectivity index (χ2n) is 5.31. The van der Waals surface area contributed by atoms with E-state index >= 15 is 0 Å². The number of phenols is 1. The van der Waals surface area contributed by atoms with E-state index in [0.717, 1.165) is 5.56 Å². The van der Waals surface area contributed by atoms with Crippen molar-refractivity contribution in [1.29, 1.82) is 0 Å². The van der Waals surface area contributed by atoms with Crippen molar-refractivity contribution in [3.05, 3.63) is 28.8 Å². The van der Waals surface area contributed by atoms with Crippen LogP contribution < -0.4 is 0 Å². The standard InChI is InChI=1S/C15H16O6/c1-7-3-8(2)13(19)10(4-7)14(20)15-9(5-11(16)17)6-12(18)21-15/h3-4,9,15,19H,5-6H2,1-2H3,(H,16,17)/t9-,15+/m0/s1. The van der Waals surface area contributed by atoms with E-state index in [-0.39, 0.29) is 24.2 Å². The van der Waals surface area contributed by atoms with Crippen molar-refractivity contribution >= 4 is 17.7 Å². The number of carbonyl (C=O) groups excluding carboxylic acids is 2. The first kappa shape index (κ1) is 15.0. The Balaban J connectivity index is 2.34. The van der Waals surface area contributed by atoms with E-state index in [2.05, 4.69) is 0 Å². The fourth-order valence-corrected chi connectivity index (χ4v) is 2.58. The van der Waals surface area contributed by atoms with Gasteiger partial charge in [-0.05, 0) is 31.0 Å². The van der Waals surface area contributed by atoms with Crippen molar-refractivity contribution in [3.63, 3.8) is 0 Å². The first-order chi connectivity index (χ1) is 9.79. The normalized spacial score (nSPS) is 21.1. The number of hydrogen-bond acceptors (Lipinski definition) is 5. The lowest BCUT2D eigenvalue weighted by Crippen LogP contribution is -2.28. The highest BCUT2D eigenvalue weighted by Gasteiger charge is 2.42. The lowest BCUT2D eigenvalue weighted by Gasteiger charge is -2.16. The smallest absolute Gasteiger partial charge is 0.306 e. The SMILES string of the molecule is Cc1cc(C)c(O)c(C(=O)[C@@H]2OC(=O)C[C@@H]2CC(=O)O)c1. The molecule has 0 aliphatic carbocycles. The third-order valence-corrected chi connectivity index (χ3v) is 3.52. The van der Waals surface area contributed by atoms with Gasteiger partial charge >= 0.3 is 11.9 Å². The van der Waals surface area contributed by atoms with E-state index in [1.165, 1.54) is 6.07 Å². The van der Waals surface area contributed by atoms with Crippen LogP contribution in [0.25, 0.3) is 0 Å². The number of Topliss-reactive ketones (excluding diaryl/α,β-unsaturated/α-hetero) is 1. The molecule has 2 N–H and O–H groups in total. The topological polar surface area (TPSA) is 101 Å². The number of benzene rings is 1. The Bertz CT molecular complexity index is 619. The largest absolute Gasteiger partial charge is 0.507 e. The number of cyclic esters (lactones) is 1. The minimum atomic E-state index is -1.15. The van der Waals surface area contributed by atoms with Gasteiger partial charge in [0.2, 0.25) is 5.78 Å². The Kier molecular flexibility index (Phi) is 3.97. The van der Waals surface area contributed by atoms with Crippen molar-refractivity contribution in [2.45, 2.75) is 32.8 Å². The van der Waals surface area contributed by atoms with Gasteiger partial charge in [-0.15, -0.1) is 0 Å². The molecule has 1 fully saturated rings. The molecule has 1 aliphatic heterocycles. The van der Waals surface area contributed by atoms with Crippen LogP contribution in [0.5, 0.6) is 5.75 Å². The number of ketones is 1. The number of rotatable bonds is 4. The van der Waals surface area contributed by atoms with Gasteiger partial charge in [-0.2, -0.15) is 0 Å². The molecule has 0 amide bonds. The molecule has 1 aliphatic rings. The monoisotopic (exact) mass is 292 g/mol. The quantitative estimate of drug-likeness (QED) is 0.645. The van der Waals surface area contributed by atoms with Crippen molar-refractivity contribution in [3.8, 4) is 5.75 Å². The maximum absolute atomic E-state index is 12.5. The minimum absolute atomic E-state index is 0.0580. The average Bonchev–Trinajstić information content (AvgIpc) is 2.73. The summed E-state index contributed by atoms with van der Waals surface area (Å²) >= 11 is 0. The predicted octanol–water partition coefficient (Wildman–Crippen LogP) is 1.60. The fraction of sp³-hybridized carbons (Fsp3) is 0.400. The van der Waals surface area contributed by atoms with Crippen LogP contribution >= 0.6 is 0 Å². The Morgan fingerprint density at radius 2 is 2.00 bits per heavy atom. The van der Waals surface area contributed by atoms with E-state index < -0.39 is 29.7 Å². The summed E-state index contributed by atoms with van der Waals surface area (Å²) < 4.78 is 4.96. The molecule has 0 saturated carbocycles. The van der Waals surface area contributed by atoms with Crippen LogP contribution in [0.15, 0.2) is 12.1 Å². The summed E-state index contributed by atoms with van der Waals surface area (Å²) in [4.78, 5) is 34.7. The molecule has 0 spiro atoms. The molecule has 0 unspecified atom stereocenters. The molecule has 6 heteroatoms. The maximum Gasteiger partial charge on any atom is 0.306 e. The van der Waals surface area contributed by atoms with Gasteiger partial charge in [0.05, 0.1) is 18.4 Å². The molecule has 112 valence electrons. The highest BCUT2D eigenvalue weighted by atomic mass is 16.6. The summed E-state index contributed by atoms with van der Waals surface area (Å²) in [5.74, 6) is -3.12. The Morgan fingerprint density at radius 1 is 1.33 bits per heavy atom. The van der Waals surface area contributed by atoms with Crippen LogP contribution in [0.2, 0.25) is 0 Å². The lowest BCUT2D eigenvalue weighted by atomic mass is 9.90. The third kappa shape index (κ3) is 3.04. The lowest BCUT2D eigenvalue weighted by molar-refractivity contribution is -0.141. The van der Waals surface area contributed by atoms with Gasteiger partial charge < -0.3 is 14.9 Å². The Hall–Kier alpha value is -2.37. The summed E-state index contributed by atoms with van der Waals surface area (Å²) in [6, 6.07) is 3.23. The molecular formula is C15H16O6. The van der Waals surface area contributed by atoms with E-state index in [9.17, 15) is 19.5 Å². The second-order valence-corrected chi connectivity index (χ2v) is 5.31. The number of carboxylic acid groups (broad SMARTS) is 1. The van der Waals surface area contributed by atoms with Crippen molar-refractivity contribution in [1.82, 2.24) is 0 Å². The molecule has 21 heavy (non-hydrogen) atoms. The number of ether oxygens (including phenoxy) is 1. The Labute approximate surface area is 121 Å². The molecule has 2 atom stereocenters. The van der Waals surface area contributed by atoms with Gasteiger partial charge in [-0.3, -0.25) is 14.4 Å². The first-order valence-electron chi connectivity index (χ1n) is 6.55. The highest BCUT2D eigenvalue weighted by Crippen LogP contribution is 2.32. The third-order valence-electron chi connectivity index (χ3n) is 3.52. The van der Waals surface area contributed by atoms with Crippen LogP contribution in [-0.2, 0) is 14.3 Å². The number of aliphatic carboxylic acids is 1. The molecule has 1 aromatic carbocycles. The van der Waals surface area contributed by atoms with Crippen LogP contribution in [0.3, 0.4) is 0 Å². The van der Waals surface area contributed by atoms with Crippen LogP contribution in [0.4, 0.5) is 0 Å². The van der Waals surface area contributed by atoms with Gasteiger partial charge in [-0.25, -0.2) is 0 Å². The number of aromatic hydroxyl groups is 1. The zero-order chi connectivity index (χ0) is 15.7. The summed E-state index contributed by atoms with van der Waals surface area (Å²) in [6.07, 6.45) is -1.58. The van der Waals surface area contributed by atoms with Crippen molar-refractivity contribution < 1.29 is 29.3 Å². The van der Waals surface area contributed by atoms with Gasteiger partial charge in [0, 0.05) is 5.92 Å². The molecule has 2 rings (SSSR count). The predicted molar refractivity (Wildman–Crippen MR) is 72.2 cm³/mol. The molecule has 0 bridgehead atoms. The van der Waals surface area contributed by atoms with Gasteiger partial charge in [0.15, 0.2) is 6.10 Å². The van der Waals surface area contributed by atoms with E-state index in [1.54, 1.807) is 19.9 Å². The number of esters is 1. The zero-order valence-electron chi connectivity index (χ0n) is 11.8. The maximum atomic E-state index is 12.5. The molecule has 1 aromatic rings. The summed E-state index contributed by atoms with van der Waals surface area (Å²) in [5.41, 5.74) is 1.38. The molecule has 1 saturated heterocycles. The molecule has 1 heterocycles. The fourth-order valence-electron chi connectivity index (χ4n) is 2.58. The van der Waals surface area contributed by atoms with Gasteiger partial charge in [-0.1, -0.05) is 6.07 Å². The Morgan fingerprint density at radius 3 is 2.62 bits per heavy atom. The van der Waals surface area contributed by atoms with Crippen molar-refractivity contribution in [2.75, 3.05) is 0 Å². The molecular weight excluding hydrogens is 276 g/mol. The highest BCUT2D eigenvalue weighted by molar-refractivity contribution is 6.04. The van der Waals surface area contributed by atoms with Crippen LogP contribution in [0.1, 0.15) is 34.3 Å². The van der Waals surface area contributed by atoms with Crippen LogP contribution in [0, 0.1) is 19.8 Å². The number of carboxylic acids is 1. The number of aryl methyl sites for hydroxylation is 2. The molecule has 6 nitrogen and oxygen atoms in total. The van der Waals surface area contributed by atoms with Gasteiger partial charge in [0.25, 0.3) is 0 Å². The summed E-state index contributed by atoms with van der Waals surface area (Å²) in [6.45, 7) is 3.44. The number of phenolic OH excluding ortho intramolecular Hbond substituents is 1. The summed E-state index contributed by atoms with van der Waals surface area (Å²) in [7, 11) is 0. The number of hydrogen-bond donors (Lipinski definition) is 2. The average molecular weight is 292 g/mol. The van der Waals surface area contributed by atoms with Crippen LogP contribution in [-0.4, -0.2) is 34.0 Å². The van der Waals surface area contributed by atoms with E-state index in [1.807, 2.05) is 0 Å². The zero-order valence-corrected chi connectivity index (χ0v) is 11.8. The second kappa shape index (κ2) is 5.55. The van der Waals surface area contributed by atoms with Crippen molar-refractivity contribution in [2.24, 2.45) is 5.92 Å². The first-order valence-corrected chi connectivity index (χ1v) is 6.55. The molecule has 0 radical (unpaired) electrons. The van der Waals surface area contributed by atoms with E-state index in [0.29, 0.717) is 5.56 Å². The molecule has 0 aromatic heterocycles.